The summed E-state index contributed by atoms with van der Waals surface area (Å²) in [7, 11) is 1.93. The number of fused-ring (bicyclic) bond motifs is 1. The molecule has 0 aliphatic heterocycles. The average molecular weight is 345 g/mol. The molecule has 0 N–H and O–H groups in total. The SMILES string of the molecule is Cc1nnn(C)c1-c1ccc2ncn([C@H](c3ccccc3)C(C)C)c2c1. The van der Waals surface area contributed by atoms with Gasteiger partial charge in [0, 0.05) is 12.6 Å². The molecule has 0 amide bonds. The van der Waals surface area contributed by atoms with Crippen LogP contribution < -0.4 is 0 Å². The summed E-state index contributed by atoms with van der Waals surface area (Å²) in [5, 5.41) is 8.32. The minimum Gasteiger partial charge on any atom is -0.323 e. The molecule has 0 radical (unpaired) electrons. The van der Waals surface area contributed by atoms with E-state index in [1.165, 1.54) is 5.56 Å². The molecule has 0 spiro atoms. The van der Waals surface area contributed by atoms with Crippen LogP contribution in [-0.2, 0) is 7.05 Å². The van der Waals surface area contributed by atoms with Crippen molar-refractivity contribution in [3.05, 3.63) is 66.1 Å². The first-order valence-electron chi connectivity index (χ1n) is 8.94. The van der Waals surface area contributed by atoms with E-state index < -0.39 is 0 Å². The maximum absolute atomic E-state index is 4.64. The highest BCUT2D eigenvalue weighted by Crippen LogP contribution is 2.32. The Morgan fingerprint density at radius 3 is 2.42 bits per heavy atom. The number of aromatic nitrogens is 5. The van der Waals surface area contributed by atoms with E-state index in [1.54, 1.807) is 0 Å². The highest BCUT2D eigenvalue weighted by Gasteiger charge is 2.20. The van der Waals surface area contributed by atoms with E-state index in [1.807, 2.05) is 25.0 Å². The lowest BCUT2D eigenvalue weighted by atomic mass is 9.95. The lowest BCUT2D eigenvalue weighted by Crippen LogP contribution is -2.15. The van der Waals surface area contributed by atoms with Gasteiger partial charge >= 0.3 is 0 Å². The molecule has 0 aliphatic carbocycles. The van der Waals surface area contributed by atoms with Crippen LogP contribution in [0.5, 0.6) is 0 Å². The minimum absolute atomic E-state index is 0.238. The largest absolute Gasteiger partial charge is 0.323 e. The van der Waals surface area contributed by atoms with Gasteiger partial charge in [-0.2, -0.15) is 0 Å². The van der Waals surface area contributed by atoms with Crippen LogP contribution in [0, 0.1) is 12.8 Å². The molecule has 0 bridgehead atoms. The van der Waals surface area contributed by atoms with Gasteiger partial charge in [0.2, 0.25) is 0 Å². The first kappa shape index (κ1) is 16.5. The molecule has 1 atom stereocenters. The summed E-state index contributed by atoms with van der Waals surface area (Å²) < 4.78 is 4.12. The molecule has 5 heteroatoms. The van der Waals surface area contributed by atoms with Crippen LogP contribution in [0.4, 0.5) is 0 Å². The third kappa shape index (κ3) is 2.69. The van der Waals surface area contributed by atoms with Gasteiger partial charge in [-0.15, -0.1) is 5.10 Å². The predicted octanol–water partition coefficient (Wildman–Crippen LogP) is 4.39. The van der Waals surface area contributed by atoms with Crippen LogP contribution >= 0.6 is 0 Å². The van der Waals surface area contributed by atoms with Crippen molar-refractivity contribution in [1.82, 2.24) is 24.5 Å². The molecule has 0 saturated carbocycles. The highest BCUT2D eigenvalue weighted by atomic mass is 15.4. The van der Waals surface area contributed by atoms with E-state index in [0.717, 1.165) is 28.0 Å². The van der Waals surface area contributed by atoms with E-state index in [-0.39, 0.29) is 6.04 Å². The van der Waals surface area contributed by atoms with Gasteiger partial charge < -0.3 is 4.57 Å². The second-order valence-corrected chi connectivity index (χ2v) is 7.10. The van der Waals surface area contributed by atoms with E-state index >= 15 is 0 Å². The molecule has 0 fully saturated rings. The molecule has 132 valence electrons. The van der Waals surface area contributed by atoms with E-state index in [4.69, 9.17) is 0 Å². The number of hydrogen-bond donors (Lipinski definition) is 0. The Hall–Kier alpha value is -2.95. The van der Waals surface area contributed by atoms with Crippen LogP contribution in [-0.4, -0.2) is 24.5 Å². The molecule has 5 nitrogen and oxygen atoms in total. The molecule has 26 heavy (non-hydrogen) atoms. The molecule has 2 aromatic heterocycles. The maximum atomic E-state index is 4.64. The Kier molecular flexibility index (Phi) is 4.07. The first-order valence-corrected chi connectivity index (χ1v) is 8.94. The van der Waals surface area contributed by atoms with Crippen molar-refractivity contribution < 1.29 is 0 Å². The van der Waals surface area contributed by atoms with Crippen molar-refractivity contribution in [2.45, 2.75) is 26.8 Å². The Bertz CT molecular complexity index is 1020. The molecular weight excluding hydrogens is 322 g/mol. The summed E-state index contributed by atoms with van der Waals surface area (Å²) in [4.78, 5) is 4.64. The van der Waals surface area contributed by atoms with Gasteiger partial charge in [0.15, 0.2) is 0 Å². The third-order valence-electron chi connectivity index (χ3n) is 4.92. The van der Waals surface area contributed by atoms with Crippen molar-refractivity contribution >= 4 is 11.0 Å². The van der Waals surface area contributed by atoms with Crippen molar-refractivity contribution in [3.63, 3.8) is 0 Å². The monoisotopic (exact) mass is 345 g/mol. The van der Waals surface area contributed by atoms with Gasteiger partial charge in [-0.1, -0.05) is 55.5 Å². The smallest absolute Gasteiger partial charge is 0.0964 e. The molecule has 4 aromatic rings. The summed E-state index contributed by atoms with van der Waals surface area (Å²) >= 11 is 0. The van der Waals surface area contributed by atoms with Crippen molar-refractivity contribution in [3.8, 4) is 11.3 Å². The standard InChI is InChI=1S/C21H23N5/c1-14(2)20(16-8-6-5-7-9-16)26-13-22-18-11-10-17(12-19(18)26)21-15(3)23-24-25(21)4/h5-14,20H,1-4H3/t20-/m0/s1. The Morgan fingerprint density at radius 2 is 1.77 bits per heavy atom. The Morgan fingerprint density at radius 1 is 1.00 bits per heavy atom. The number of aryl methyl sites for hydroxylation is 2. The van der Waals surface area contributed by atoms with Crippen LogP contribution in [0.15, 0.2) is 54.9 Å². The normalized spacial score (nSPS) is 12.8. The summed E-state index contributed by atoms with van der Waals surface area (Å²) in [6.07, 6.45) is 1.96. The van der Waals surface area contributed by atoms with Crippen LogP contribution in [0.1, 0.15) is 31.1 Å². The third-order valence-corrected chi connectivity index (χ3v) is 4.92. The molecule has 0 unspecified atom stereocenters. The zero-order chi connectivity index (χ0) is 18.3. The van der Waals surface area contributed by atoms with E-state index in [0.29, 0.717) is 5.92 Å². The zero-order valence-corrected chi connectivity index (χ0v) is 15.6. The van der Waals surface area contributed by atoms with Gasteiger partial charge in [0.1, 0.15) is 0 Å². The van der Waals surface area contributed by atoms with Gasteiger partial charge in [0.05, 0.1) is 34.8 Å². The van der Waals surface area contributed by atoms with Crippen molar-refractivity contribution in [2.24, 2.45) is 13.0 Å². The summed E-state index contributed by atoms with van der Waals surface area (Å²) in [5.74, 6) is 0.443. The molecule has 2 heterocycles. The van der Waals surface area contributed by atoms with Gasteiger partial charge in [-0.3, -0.25) is 0 Å². The van der Waals surface area contributed by atoms with Crippen LogP contribution in [0.25, 0.3) is 22.3 Å². The number of benzene rings is 2. The number of imidazole rings is 1. The molecule has 2 aromatic carbocycles. The maximum Gasteiger partial charge on any atom is 0.0964 e. The second kappa shape index (κ2) is 6.41. The minimum atomic E-state index is 0.238. The molecule has 4 rings (SSSR count). The summed E-state index contributed by atoms with van der Waals surface area (Å²) in [6.45, 7) is 6.50. The molecule has 0 aliphatic rings. The Balaban J connectivity index is 1.89. The fourth-order valence-electron chi connectivity index (χ4n) is 3.77. The van der Waals surface area contributed by atoms with Crippen LogP contribution in [0.2, 0.25) is 0 Å². The van der Waals surface area contributed by atoms with Gasteiger partial charge in [-0.05, 0) is 30.5 Å². The second-order valence-electron chi connectivity index (χ2n) is 7.10. The van der Waals surface area contributed by atoms with Crippen LogP contribution in [0.3, 0.4) is 0 Å². The molecular formula is C21H23N5. The fraction of sp³-hybridized carbons (Fsp3) is 0.286. The van der Waals surface area contributed by atoms with E-state index in [9.17, 15) is 0 Å². The average Bonchev–Trinajstić information content (AvgIpc) is 3.19. The zero-order valence-electron chi connectivity index (χ0n) is 15.6. The lowest BCUT2D eigenvalue weighted by molar-refractivity contribution is 0.446. The predicted molar refractivity (Wildman–Crippen MR) is 104 cm³/mol. The molecule has 0 saturated heterocycles. The fourth-order valence-corrected chi connectivity index (χ4v) is 3.77. The first-order chi connectivity index (χ1) is 12.6. The number of rotatable bonds is 4. The lowest BCUT2D eigenvalue weighted by Gasteiger charge is -2.24. The number of hydrogen-bond acceptors (Lipinski definition) is 3. The highest BCUT2D eigenvalue weighted by molar-refractivity contribution is 5.82. The quantitative estimate of drug-likeness (QED) is 0.551. The van der Waals surface area contributed by atoms with Gasteiger partial charge in [-0.25, -0.2) is 9.67 Å². The summed E-state index contributed by atoms with van der Waals surface area (Å²) in [5.41, 5.74) is 6.51. The van der Waals surface area contributed by atoms with Crippen molar-refractivity contribution in [2.75, 3.05) is 0 Å². The Labute approximate surface area is 153 Å². The summed E-state index contributed by atoms with van der Waals surface area (Å²) in [6, 6.07) is 17.2. The number of nitrogens with zero attached hydrogens (tertiary/aromatic N) is 5. The van der Waals surface area contributed by atoms with E-state index in [2.05, 4.69) is 82.2 Å². The van der Waals surface area contributed by atoms with Crippen molar-refractivity contribution in [1.29, 1.82) is 0 Å². The topological polar surface area (TPSA) is 48.5 Å². The van der Waals surface area contributed by atoms with Gasteiger partial charge in [0.25, 0.3) is 0 Å².